The number of ether oxygens (including phenoxy) is 2. The van der Waals surface area contributed by atoms with Gasteiger partial charge in [0.15, 0.2) is 0 Å². The third kappa shape index (κ3) is 4.08. The smallest absolute Gasteiger partial charge is 0.329 e. The van der Waals surface area contributed by atoms with Crippen LogP contribution < -0.4 is 0 Å². The zero-order valence-corrected chi connectivity index (χ0v) is 17.3. The molecule has 0 bridgehead atoms. The van der Waals surface area contributed by atoms with Crippen LogP contribution in [-0.2, 0) is 24.5 Å². The third-order valence-corrected chi connectivity index (χ3v) is 4.75. The molecule has 154 valence electrons. The van der Waals surface area contributed by atoms with Gasteiger partial charge in [-0.1, -0.05) is 60.7 Å². The Labute approximate surface area is 175 Å². The van der Waals surface area contributed by atoms with E-state index in [4.69, 9.17) is 14.5 Å². The van der Waals surface area contributed by atoms with Gasteiger partial charge in [0.05, 0.1) is 36.5 Å². The molecule has 1 heterocycles. The molecule has 0 spiro atoms. The lowest BCUT2D eigenvalue weighted by molar-refractivity contribution is -0.164. The van der Waals surface area contributed by atoms with Crippen molar-refractivity contribution in [1.29, 1.82) is 0 Å². The zero-order valence-electron chi connectivity index (χ0n) is 17.3. The highest BCUT2D eigenvalue weighted by Crippen LogP contribution is 2.33. The highest BCUT2D eigenvalue weighted by atomic mass is 16.6. The fourth-order valence-corrected chi connectivity index (χ4v) is 3.08. The van der Waals surface area contributed by atoms with Crippen molar-refractivity contribution in [2.75, 3.05) is 13.2 Å². The van der Waals surface area contributed by atoms with E-state index in [9.17, 15) is 9.59 Å². The molecule has 2 aromatic carbocycles. The van der Waals surface area contributed by atoms with E-state index in [0.29, 0.717) is 11.4 Å². The van der Waals surface area contributed by atoms with E-state index in [2.05, 4.69) is 4.98 Å². The molecule has 0 radical (unpaired) electrons. The van der Waals surface area contributed by atoms with E-state index >= 15 is 0 Å². The standard InChI is InChI=1S/C24H24N2O4/c1-4-29-22(27)24(3,23(28)30-5-2)19-16-25-20(17-12-8-6-9-13-17)21(26-19)18-14-10-7-11-15-18/h6-16H,4-5H2,1-3H3. The van der Waals surface area contributed by atoms with E-state index < -0.39 is 17.4 Å². The molecule has 0 aliphatic carbocycles. The Kier molecular flexibility index (Phi) is 6.57. The van der Waals surface area contributed by atoms with Gasteiger partial charge in [-0.25, -0.2) is 4.98 Å². The molecule has 6 heteroatoms. The van der Waals surface area contributed by atoms with Gasteiger partial charge in [-0.15, -0.1) is 0 Å². The monoisotopic (exact) mass is 404 g/mol. The van der Waals surface area contributed by atoms with Gasteiger partial charge in [-0.2, -0.15) is 0 Å². The molecule has 0 unspecified atom stereocenters. The number of aromatic nitrogens is 2. The van der Waals surface area contributed by atoms with Crippen LogP contribution in [0.5, 0.6) is 0 Å². The molecule has 0 saturated heterocycles. The summed E-state index contributed by atoms with van der Waals surface area (Å²) >= 11 is 0. The molecule has 0 atom stereocenters. The lowest BCUT2D eigenvalue weighted by Crippen LogP contribution is -2.44. The number of nitrogens with zero attached hydrogens (tertiary/aromatic N) is 2. The SMILES string of the molecule is CCOC(=O)C(C)(C(=O)OCC)c1cnc(-c2ccccc2)c(-c2ccccc2)n1. The predicted molar refractivity (Wildman–Crippen MR) is 114 cm³/mol. The lowest BCUT2D eigenvalue weighted by Gasteiger charge is -2.25. The van der Waals surface area contributed by atoms with Crippen LogP contribution in [0, 0.1) is 0 Å². The predicted octanol–water partition coefficient (Wildman–Crippen LogP) is 4.19. The number of esters is 2. The third-order valence-electron chi connectivity index (χ3n) is 4.75. The second-order valence-corrected chi connectivity index (χ2v) is 6.75. The molecule has 0 amide bonds. The van der Waals surface area contributed by atoms with Crippen LogP contribution in [0.15, 0.2) is 66.9 Å². The van der Waals surface area contributed by atoms with Crippen molar-refractivity contribution in [3.63, 3.8) is 0 Å². The Hall–Kier alpha value is -3.54. The van der Waals surface area contributed by atoms with E-state index in [1.807, 2.05) is 60.7 Å². The molecule has 6 nitrogen and oxygen atoms in total. The summed E-state index contributed by atoms with van der Waals surface area (Å²) in [4.78, 5) is 34.9. The second-order valence-electron chi connectivity index (χ2n) is 6.75. The van der Waals surface area contributed by atoms with Gasteiger partial charge in [0.1, 0.15) is 0 Å². The highest BCUT2D eigenvalue weighted by molar-refractivity contribution is 6.05. The van der Waals surface area contributed by atoms with E-state index in [1.165, 1.54) is 13.1 Å². The van der Waals surface area contributed by atoms with E-state index in [-0.39, 0.29) is 18.9 Å². The topological polar surface area (TPSA) is 78.4 Å². The number of hydrogen-bond acceptors (Lipinski definition) is 6. The number of rotatable bonds is 7. The molecule has 0 aliphatic rings. The normalized spacial score (nSPS) is 11.0. The first-order valence-electron chi connectivity index (χ1n) is 9.85. The minimum Gasteiger partial charge on any atom is -0.465 e. The van der Waals surface area contributed by atoms with Crippen LogP contribution in [0.1, 0.15) is 26.5 Å². The summed E-state index contributed by atoms with van der Waals surface area (Å²) in [7, 11) is 0. The quantitative estimate of drug-likeness (QED) is 0.434. The van der Waals surface area contributed by atoms with E-state index in [1.54, 1.807) is 13.8 Å². The van der Waals surface area contributed by atoms with E-state index in [0.717, 1.165) is 11.1 Å². The summed E-state index contributed by atoms with van der Waals surface area (Å²) in [5.74, 6) is -1.44. The van der Waals surface area contributed by atoms with Crippen molar-refractivity contribution < 1.29 is 19.1 Å². The largest absolute Gasteiger partial charge is 0.465 e. The zero-order chi connectivity index (χ0) is 21.6. The first-order valence-corrected chi connectivity index (χ1v) is 9.85. The van der Waals surface area contributed by atoms with Crippen LogP contribution in [0.25, 0.3) is 22.5 Å². The first-order chi connectivity index (χ1) is 14.5. The molecule has 1 aromatic heterocycles. The maximum absolute atomic E-state index is 12.8. The van der Waals surface area contributed by atoms with Gasteiger partial charge in [0.2, 0.25) is 5.41 Å². The Morgan fingerprint density at radius 1 is 0.800 bits per heavy atom. The number of carbonyl (C=O) groups excluding carboxylic acids is 2. The van der Waals surface area contributed by atoms with Gasteiger partial charge in [0, 0.05) is 11.1 Å². The maximum atomic E-state index is 12.8. The van der Waals surface area contributed by atoms with Crippen molar-refractivity contribution in [2.45, 2.75) is 26.2 Å². The van der Waals surface area contributed by atoms with Crippen LogP contribution in [0.3, 0.4) is 0 Å². The van der Waals surface area contributed by atoms with Crippen molar-refractivity contribution in [3.05, 3.63) is 72.6 Å². The van der Waals surface area contributed by atoms with Crippen molar-refractivity contribution in [1.82, 2.24) is 9.97 Å². The van der Waals surface area contributed by atoms with Crippen LogP contribution in [0.4, 0.5) is 0 Å². The Morgan fingerprint density at radius 2 is 1.27 bits per heavy atom. The van der Waals surface area contributed by atoms with Crippen LogP contribution in [-0.4, -0.2) is 35.1 Å². The van der Waals surface area contributed by atoms with Gasteiger partial charge in [0.25, 0.3) is 0 Å². The van der Waals surface area contributed by atoms with Gasteiger partial charge in [-0.3, -0.25) is 14.6 Å². The highest BCUT2D eigenvalue weighted by Gasteiger charge is 2.48. The molecule has 0 saturated carbocycles. The summed E-state index contributed by atoms with van der Waals surface area (Å²) < 4.78 is 10.4. The Morgan fingerprint density at radius 3 is 1.73 bits per heavy atom. The number of hydrogen-bond donors (Lipinski definition) is 0. The van der Waals surface area contributed by atoms with Crippen molar-refractivity contribution in [2.24, 2.45) is 0 Å². The summed E-state index contributed by atoms with van der Waals surface area (Å²) in [6, 6.07) is 19.2. The minimum absolute atomic E-state index is 0.134. The average Bonchev–Trinajstić information content (AvgIpc) is 2.79. The van der Waals surface area contributed by atoms with Gasteiger partial charge < -0.3 is 9.47 Å². The van der Waals surface area contributed by atoms with Gasteiger partial charge in [-0.05, 0) is 20.8 Å². The Balaban J connectivity index is 2.22. The van der Waals surface area contributed by atoms with Crippen LogP contribution in [0.2, 0.25) is 0 Å². The molecule has 3 aromatic rings. The minimum atomic E-state index is -1.72. The average molecular weight is 404 g/mol. The van der Waals surface area contributed by atoms with Crippen molar-refractivity contribution in [3.8, 4) is 22.5 Å². The summed E-state index contributed by atoms with van der Waals surface area (Å²) in [6.45, 7) is 5.10. The maximum Gasteiger partial charge on any atom is 0.329 e. The van der Waals surface area contributed by atoms with Crippen LogP contribution >= 0.6 is 0 Å². The first kappa shape index (κ1) is 21.2. The number of benzene rings is 2. The summed E-state index contributed by atoms with van der Waals surface area (Å²) in [6.07, 6.45) is 1.45. The Bertz CT molecular complexity index is 1000. The lowest BCUT2D eigenvalue weighted by atomic mass is 9.86. The molecule has 0 fully saturated rings. The summed E-state index contributed by atoms with van der Waals surface area (Å²) in [5.41, 5.74) is 1.38. The fourth-order valence-electron chi connectivity index (χ4n) is 3.08. The second kappa shape index (κ2) is 9.31. The number of carbonyl (C=O) groups is 2. The van der Waals surface area contributed by atoms with Crippen molar-refractivity contribution >= 4 is 11.9 Å². The molecular weight excluding hydrogens is 380 g/mol. The molecule has 0 aliphatic heterocycles. The molecule has 0 N–H and O–H groups in total. The molecule has 30 heavy (non-hydrogen) atoms. The van der Waals surface area contributed by atoms with Gasteiger partial charge >= 0.3 is 11.9 Å². The summed E-state index contributed by atoms with van der Waals surface area (Å²) in [5, 5.41) is 0. The molecular formula is C24H24N2O4. The molecule has 3 rings (SSSR count). The fraction of sp³-hybridized carbons (Fsp3) is 0.250.